The van der Waals surface area contributed by atoms with Crippen molar-refractivity contribution in [3.63, 3.8) is 0 Å². The minimum atomic E-state index is -2.13. The molecule has 0 N–H and O–H groups in total. The summed E-state index contributed by atoms with van der Waals surface area (Å²) in [5.41, 5.74) is 0. The molecule has 10 heteroatoms. The van der Waals surface area contributed by atoms with Gasteiger partial charge in [0.25, 0.3) is 0 Å². The van der Waals surface area contributed by atoms with Gasteiger partial charge in [-0.2, -0.15) is 0 Å². The molecule has 0 aromatic rings. The van der Waals surface area contributed by atoms with Crippen molar-refractivity contribution >= 4 is 85.3 Å². The summed E-state index contributed by atoms with van der Waals surface area (Å²) >= 11 is 11.1. The summed E-state index contributed by atoms with van der Waals surface area (Å²) in [6.45, 7) is 75.9. The lowest BCUT2D eigenvalue weighted by molar-refractivity contribution is 0.631. The summed E-state index contributed by atoms with van der Waals surface area (Å²) in [4.78, 5) is 0. The largest absolute Gasteiger partial charge is 0.132 e. The third kappa shape index (κ3) is 5.80. The van der Waals surface area contributed by atoms with E-state index in [1.54, 1.807) is 0 Å². The zero-order chi connectivity index (χ0) is 38.2. The molecule has 0 aliphatic carbocycles. The van der Waals surface area contributed by atoms with E-state index < -0.39 is 54.7 Å². The van der Waals surface area contributed by atoms with E-state index in [1.165, 1.54) is 0 Å². The van der Waals surface area contributed by atoms with Crippen molar-refractivity contribution < 1.29 is 0 Å². The minimum Gasteiger partial charge on any atom is -0.132 e. The van der Waals surface area contributed by atoms with Gasteiger partial charge >= 0.3 is 0 Å². The van der Waals surface area contributed by atoms with Crippen LogP contribution in [-0.2, 0) is 0 Å². The normalized spacial score (nSPS) is 24.4. The first kappa shape index (κ1) is 46.7. The first-order valence-electron chi connectivity index (χ1n) is 18.4. The van der Waals surface area contributed by atoms with Crippen molar-refractivity contribution in [3.8, 4) is 0 Å². The topological polar surface area (TPSA) is 0 Å². The van der Waals surface area contributed by atoms with Crippen LogP contribution in [0.1, 0.15) is 166 Å². The molecule has 0 radical (unpaired) electrons. The number of halogens is 2. The predicted molar refractivity (Wildman–Crippen MR) is 245 cm³/mol. The Morgan fingerprint density at radius 3 is 0.522 bits per heavy atom. The second-order valence-electron chi connectivity index (χ2n) is 24.6. The van der Waals surface area contributed by atoms with Gasteiger partial charge in [0.15, 0.2) is 0 Å². The SMILES string of the molecule is CC(C)(C)[Si](C)([Si]1=[Si]([Si](C)(C(C)(C)C)C(C)(C)C)[Si@](Br)([Si](C)(C(C)(C)C)C(C)(C)C)[Si]1(Br)[Si](C)(C(C)(C)C)C(C)(C)C)C(C)(C)C. The second-order valence-corrected chi connectivity index (χ2v) is 123. The molecule has 1 aliphatic rings. The molecule has 0 saturated heterocycles. The summed E-state index contributed by atoms with van der Waals surface area (Å²) < 4.78 is 0. The van der Waals surface area contributed by atoms with E-state index >= 15 is 0 Å². The van der Waals surface area contributed by atoms with Gasteiger partial charge in [-0.25, -0.2) is 0 Å². The summed E-state index contributed by atoms with van der Waals surface area (Å²) in [7, 11) is -7.93. The summed E-state index contributed by atoms with van der Waals surface area (Å²) in [6, 6.07) is 0. The van der Waals surface area contributed by atoms with Crippen molar-refractivity contribution in [3.05, 3.63) is 0 Å². The molecule has 0 amide bonds. The highest BCUT2D eigenvalue weighted by molar-refractivity contribution is 9.43. The van der Waals surface area contributed by atoms with Crippen LogP contribution in [0.15, 0.2) is 0 Å². The fourth-order valence-corrected chi connectivity index (χ4v) is 512. The van der Waals surface area contributed by atoms with Gasteiger partial charge in [-0.3, -0.25) is 0 Å². The zero-order valence-corrected chi connectivity index (χ0v) is 47.9. The van der Waals surface area contributed by atoms with Crippen molar-refractivity contribution in [1.29, 1.82) is 0 Å². The average Bonchev–Trinajstić information content (AvgIpc) is 2.72. The van der Waals surface area contributed by atoms with Crippen LogP contribution < -0.4 is 0 Å². The Morgan fingerprint density at radius 2 is 0.435 bits per heavy atom. The molecule has 1 heterocycles. The average molecular weight is 902 g/mol. The first-order chi connectivity index (χ1) is 19.2. The molecule has 0 aromatic heterocycles. The van der Waals surface area contributed by atoms with Crippen molar-refractivity contribution in [2.75, 3.05) is 0 Å². The van der Waals surface area contributed by atoms with E-state index in [1.807, 2.05) is 0 Å². The fourth-order valence-electron chi connectivity index (χ4n) is 11.1. The van der Waals surface area contributed by atoms with E-state index in [9.17, 15) is 0 Å². The fraction of sp³-hybridized carbons (Fsp3) is 1.00. The van der Waals surface area contributed by atoms with Crippen molar-refractivity contribution in [2.24, 2.45) is 0 Å². The molecule has 0 bridgehead atoms. The van der Waals surface area contributed by atoms with E-state index in [0.29, 0.717) is 40.3 Å². The summed E-state index contributed by atoms with van der Waals surface area (Å²) in [5, 5.41) is -1.50. The molecular formula is C36H84Br2Si8. The minimum absolute atomic E-state index is 0.327. The van der Waals surface area contributed by atoms with E-state index in [-0.39, 0.29) is 0 Å². The summed E-state index contributed by atoms with van der Waals surface area (Å²) in [5.74, 6) is 0. The van der Waals surface area contributed by atoms with Crippen LogP contribution in [0.25, 0.3) is 0 Å². The Labute approximate surface area is 315 Å². The van der Waals surface area contributed by atoms with Gasteiger partial charge in [-0.05, 0) is 54.2 Å². The van der Waals surface area contributed by atoms with Crippen LogP contribution >= 0.6 is 30.6 Å². The molecule has 1 unspecified atom stereocenters. The van der Waals surface area contributed by atoms with Gasteiger partial charge in [0, 0.05) is 0 Å². The second kappa shape index (κ2) is 12.1. The molecule has 274 valence electrons. The standard InChI is InChI=1S/C36H84Br2Si8/c1-29(2,3)41(25,30(4,5)6)39-40(42(26,31(7,8)9)32(10,11)12)46(38,44(28,35(19,20)21)36(22,23)24)45(39,37)43(27,33(13,14)15)34(16,17)18/h1-28H3/t45-,46?/m1/s1. The maximum absolute atomic E-state index is 5.54. The van der Waals surface area contributed by atoms with Gasteiger partial charge in [-0.1, -0.05) is 192 Å². The van der Waals surface area contributed by atoms with Crippen LogP contribution in [0.5, 0.6) is 0 Å². The van der Waals surface area contributed by atoms with Gasteiger partial charge < -0.3 is 0 Å². The smallest absolute Gasteiger partial charge is 0.127 e. The van der Waals surface area contributed by atoms with Crippen molar-refractivity contribution in [1.82, 2.24) is 0 Å². The Kier molecular flexibility index (Phi) is 12.3. The molecule has 0 saturated carbocycles. The Balaban J connectivity index is 5.51. The van der Waals surface area contributed by atoms with E-state index in [0.717, 1.165) is 0 Å². The molecule has 1 aliphatic heterocycles. The van der Waals surface area contributed by atoms with Crippen LogP contribution in [0.4, 0.5) is 0 Å². The number of hydrogen-bond acceptors (Lipinski definition) is 0. The highest BCUT2D eigenvalue weighted by Crippen LogP contribution is 2.73. The van der Waals surface area contributed by atoms with Crippen LogP contribution in [0.3, 0.4) is 0 Å². The van der Waals surface area contributed by atoms with E-state index in [2.05, 4.69) is 192 Å². The quantitative estimate of drug-likeness (QED) is 0.195. The van der Waals surface area contributed by atoms with Gasteiger partial charge in [-0.15, -0.1) is 30.6 Å². The van der Waals surface area contributed by atoms with E-state index in [4.69, 9.17) is 30.6 Å². The number of hydrogen-bond donors (Lipinski definition) is 0. The molecule has 0 aromatic carbocycles. The Bertz CT molecular complexity index is 1050. The predicted octanol–water partition coefficient (Wildman–Crippen LogP) is 15.0. The monoisotopic (exact) mass is 898 g/mol. The first-order valence-corrected chi connectivity index (χ1v) is 47.9. The van der Waals surface area contributed by atoms with Crippen LogP contribution in [-0.4, -0.2) is 54.7 Å². The molecule has 1 rings (SSSR count). The Hall–Kier alpha value is 2.70. The lowest BCUT2D eigenvalue weighted by atomic mass is 10.2. The lowest BCUT2D eigenvalue weighted by Gasteiger charge is -2.80. The molecule has 46 heavy (non-hydrogen) atoms. The molecule has 0 spiro atoms. The third-order valence-corrected chi connectivity index (χ3v) is 268. The van der Waals surface area contributed by atoms with Gasteiger partial charge in [0.05, 0.1) is 30.4 Å². The number of rotatable bonds is 4. The highest BCUT2D eigenvalue weighted by Gasteiger charge is 2.89. The lowest BCUT2D eigenvalue weighted by Crippen LogP contribution is -3.06. The molecule has 0 fully saturated rings. The van der Waals surface area contributed by atoms with Gasteiger partial charge in [0.2, 0.25) is 0 Å². The van der Waals surface area contributed by atoms with Crippen LogP contribution in [0, 0.1) is 0 Å². The zero-order valence-electron chi connectivity index (χ0n) is 36.8. The third-order valence-electron chi connectivity index (χ3n) is 15.8. The summed E-state index contributed by atoms with van der Waals surface area (Å²) in [6.07, 6.45) is 0. The maximum Gasteiger partial charge on any atom is 0.127 e. The molecule has 2 atom stereocenters. The molecule has 0 nitrogen and oxygen atoms in total. The highest BCUT2D eigenvalue weighted by atomic mass is 79.9. The maximum atomic E-state index is 5.54. The van der Waals surface area contributed by atoms with Crippen molar-refractivity contribution in [2.45, 2.75) is 233 Å². The van der Waals surface area contributed by atoms with Gasteiger partial charge in [0.1, 0.15) is 10.5 Å². The Morgan fingerprint density at radius 1 is 0.304 bits per heavy atom. The molecular weight excluding hydrogens is 817 g/mol. The van der Waals surface area contributed by atoms with Crippen LogP contribution in [0.2, 0.25) is 66.5 Å².